The van der Waals surface area contributed by atoms with Crippen molar-refractivity contribution in [3.8, 4) is 11.4 Å². The number of nitrogens with one attached hydrogen (secondary N) is 1. The maximum Gasteiger partial charge on any atom is 0.253 e. The van der Waals surface area contributed by atoms with E-state index in [2.05, 4.69) is 5.32 Å². The van der Waals surface area contributed by atoms with Crippen LogP contribution in [0.3, 0.4) is 0 Å². The van der Waals surface area contributed by atoms with Crippen LogP contribution in [-0.2, 0) is 0 Å². The number of aromatic nitrogens is 1. The van der Waals surface area contributed by atoms with Gasteiger partial charge < -0.3 is 14.6 Å². The number of fused-ring (bicyclic) bond motifs is 1. The standard InChI is InChI=1S/C22H21FN2O2/c1-14-12-19(15(2)25(14)17-7-5-6-16(23)13-17)22(26)24-20-10-11-27-21-9-4-3-8-18(20)21/h3-9,12-13,20H,10-11H2,1-2H3,(H,24,26)/t20-/m1/s1. The smallest absolute Gasteiger partial charge is 0.253 e. The molecule has 27 heavy (non-hydrogen) atoms. The van der Waals surface area contributed by atoms with Crippen LogP contribution in [0.1, 0.15) is 39.8 Å². The Hall–Kier alpha value is -3.08. The van der Waals surface area contributed by atoms with Crippen molar-refractivity contribution < 1.29 is 13.9 Å². The topological polar surface area (TPSA) is 43.3 Å². The monoisotopic (exact) mass is 364 g/mol. The van der Waals surface area contributed by atoms with Crippen LogP contribution >= 0.6 is 0 Å². The molecule has 138 valence electrons. The van der Waals surface area contributed by atoms with E-state index in [4.69, 9.17) is 4.74 Å². The van der Waals surface area contributed by atoms with Gasteiger partial charge >= 0.3 is 0 Å². The fourth-order valence-corrected chi connectivity index (χ4v) is 3.73. The van der Waals surface area contributed by atoms with Gasteiger partial charge in [-0.2, -0.15) is 0 Å². The number of nitrogens with zero attached hydrogens (tertiary/aromatic N) is 1. The average Bonchev–Trinajstić information content (AvgIpc) is 2.96. The van der Waals surface area contributed by atoms with Crippen molar-refractivity contribution in [1.29, 1.82) is 0 Å². The van der Waals surface area contributed by atoms with Gasteiger partial charge in [-0.3, -0.25) is 4.79 Å². The summed E-state index contributed by atoms with van der Waals surface area (Å²) in [6.45, 7) is 4.37. The maximum absolute atomic E-state index is 13.6. The lowest BCUT2D eigenvalue weighted by Crippen LogP contribution is -2.32. The molecule has 1 aliphatic rings. The quantitative estimate of drug-likeness (QED) is 0.744. The minimum atomic E-state index is -0.301. The van der Waals surface area contributed by atoms with Gasteiger partial charge in [0.2, 0.25) is 0 Å². The molecule has 0 radical (unpaired) electrons. The molecule has 1 aromatic heterocycles. The molecule has 0 spiro atoms. The third-order valence-corrected chi connectivity index (χ3v) is 5.01. The van der Waals surface area contributed by atoms with Gasteiger partial charge in [-0.15, -0.1) is 0 Å². The lowest BCUT2D eigenvalue weighted by Gasteiger charge is -2.26. The summed E-state index contributed by atoms with van der Waals surface area (Å²) in [5.74, 6) is 0.386. The van der Waals surface area contributed by atoms with Crippen LogP contribution in [-0.4, -0.2) is 17.1 Å². The minimum Gasteiger partial charge on any atom is -0.493 e. The second-order valence-electron chi connectivity index (χ2n) is 6.80. The highest BCUT2D eigenvalue weighted by Gasteiger charge is 2.25. The molecule has 1 N–H and O–H groups in total. The molecule has 1 atom stereocenters. The zero-order valence-electron chi connectivity index (χ0n) is 15.3. The van der Waals surface area contributed by atoms with Crippen molar-refractivity contribution in [2.45, 2.75) is 26.3 Å². The Labute approximate surface area is 157 Å². The summed E-state index contributed by atoms with van der Waals surface area (Å²) >= 11 is 0. The van der Waals surface area contributed by atoms with Gasteiger partial charge in [0.15, 0.2) is 0 Å². The fraction of sp³-hybridized carbons (Fsp3) is 0.227. The highest BCUT2D eigenvalue weighted by Crippen LogP contribution is 2.32. The van der Waals surface area contributed by atoms with Crippen molar-refractivity contribution in [2.75, 3.05) is 6.61 Å². The Bertz CT molecular complexity index is 1010. The predicted octanol–water partition coefficient (Wildman–Crippen LogP) is 4.49. The molecule has 0 saturated heterocycles. The van der Waals surface area contributed by atoms with Crippen LogP contribution in [0.5, 0.6) is 5.75 Å². The molecule has 2 heterocycles. The number of halogens is 1. The van der Waals surface area contributed by atoms with E-state index in [-0.39, 0.29) is 17.8 Å². The minimum absolute atomic E-state index is 0.0836. The van der Waals surface area contributed by atoms with E-state index in [1.54, 1.807) is 6.07 Å². The first-order valence-corrected chi connectivity index (χ1v) is 9.02. The number of hydrogen-bond donors (Lipinski definition) is 1. The van der Waals surface area contributed by atoms with Crippen LogP contribution in [0.25, 0.3) is 5.69 Å². The average molecular weight is 364 g/mol. The van der Waals surface area contributed by atoms with Crippen molar-refractivity contribution in [3.05, 3.63) is 82.9 Å². The van der Waals surface area contributed by atoms with Gasteiger partial charge in [0.1, 0.15) is 11.6 Å². The SMILES string of the molecule is Cc1cc(C(=O)N[C@@H]2CCOc3ccccc32)c(C)n1-c1cccc(F)c1. The number of carbonyl (C=O) groups is 1. The molecular formula is C22H21FN2O2. The molecule has 4 rings (SSSR count). The van der Waals surface area contributed by atoms with E-state index < -0.39 is 0 Å². The molecule has 0 saturated carbocycles. The Morgan fingerprint density at radius 2 is 1.96 bits per heavy atom. The molecule has 4 nitrogen and oxygen atoms in total. The lowest BCUT2D eigenvalue weighted by molar-refractivity contribution is 0.0924. The molecule has 0 fully saturated rings. The van der Waals surface area contributed by atoms with E-state index >= 15 is 0 Å². The zero-order chi connectivity index (χ0) is 19.0. The van der Waals surface area contributed by atoms with Crippen molar-refractivity contribution >= 4 is 5.91 Å². The van der Waals surface area contributed by atoms with Crippen LogP contribution in [0.4, 0.5) is 4.39 Å². The normalized spacial score (nSPS) is 15.7. The van der Waals surface area contributed by atoms with E-state index in [1.165, 1.54) is 12.1 Å². The molecule has 1 amide bonds. The van der Waals surface area contributed by atoms with Crippen LogP contribution in [0, 0.1) is 19.7 Å². The fourth-order valence-electron chi connectivity index (χ4n) is 3.73. The Balaban J connectivity index is 1.63. The number of aryl methyl sites for hydroxylation is 1. The predicted molar refractivity (Wildman–Crippen MR) is 102 cm³/mol. The van der Waals surface area contributed by atoms with Gasteiger partial charge in [-0.25, -0.2) is 4.39 Å². The molecule has 3 aromatic rings. The number of rotatable bonds is 3. The third kappa shape index (κ3) is 3.21. The highest BCUT2D eigenvalue weighted by atomic mass is 19.1. The summed E-state index contributed by atoms with van der Waals surface area (Å²) in [6, 6.07) is 15.9. The maximum atomic E-state index is 13.6. The molecule has 5 heteroatoms. The molecule has 0 aliphatic carbocycles. The van der Waals surface area contributed by atoms with E-state index in [1.807, 2.05) is 54.8 Å². The first-order valence-electron chi connectivity index (χ1n) is 9.02. The number of benzene rings is 2. The first-order chi connectivity index (χ1) is 13.0. The van der Waals surface area contributed by atoms with Crippen molar-refractivity contribution in [3.63, 3.8) is 0 Å². The Kier molecular flexibility index (Phi) is 4.44. The van der Waals surface area contributed by atoms with Gasteiger partial charge in [0.05, 0.1) is 18.2 Å². The summed E-state index contributed by atoms with van der Waals surface area (Å²) in [5.41, 5.74) is 3.98. The summed E-state index contributed by atoms with van der Waals surface area (Å²) in [4.78, 5) is 13.0. The summed E-state index contributed by atoms with van der Waals surface area (Å²) < 4.78 is 21.2. The van der Waals surface area contributed by atoms with Crippen LogP contribution < -0.4 is 10.1 Å². The third-order valence-electron chi connectivity index (χ3n) is 5.01. The summed E-state index contributed by atoms with van der Waals surface area (Å²) in [7, 11) is 0. The van der Waals surface area contributed by atoms with Crippen LogP contribution in [0.2, 0.25) is 0 Å². The van der Waals surface area contributed by atoms with E-state index in [0.29, 0.717) is 17.9 Å². The van der Waals surface area contributed by atoms with Gasteiger partial charge in [-0.1, -0.05) is 24.3 Å². The number of carbonyl (C=O) groups excluding carboxylic acids is 1. The van der Waals surface area contributed by atoms with Gasteiger partial charge in [-0.05, 0) is 44.2 Å². The molecule has 0 bridgehead atoms. The lowest BCUT2D eigenvalue weighted by atomic mass is 10.00. The summed E-state index contributed by atoms with van der Waals surface area (Å²) in [5, 5.41) is 3.13. The number of amides is 1. The zero-order valence-corrected chi connectivity index (χ0v) is 15.3. The first kappa shape index (κ1) is 17.3. The van der Waals surface area contributed by atoms with Crippen LogP contribution in [0.15, 0.2) is 54.6 Å². The Morgan fingerprint density at radius 1 is 1.15 bits per heavy atom. The molecular weight excluding hydrogens is 343 g/mol. The second kappa shape index (κ2) is 6.91. The number of para-hydroxylation sites is 1. The van der Waals surface area contributed by atoms with E-state index in [0.717, 1.165) is 29.1 Å². The van der Waals surface area contributed by atoms with Gasteiger partial charge in [0.25, 0.3) is 5.91 Å². The van der Waals surface area contributed by atoms with Crippen molar-refractivity contribution in [1.82, 2.24) is 9.88 Å². The molecule has 1 aliphatic heterocycles. The van der Waals surface area contributed by atoms with E-state index in [9.17, 15) is 9.18 Å². The highest BCUT2D eigenvalue weighted by molar-refractivity contribution is 5.96. The number of ether oxygens (including phenoxy) is 1. The van der Waals surface area contributed by atoms with Crippen molar-refractivity contribution in [2.24, 2.45) is 0 Å². The molecule has 2 aromatic carbocycles. The largest absolute Gasteiger partial charge is 0.493 e. The van der Waals surface area contributed by atoms with Gasteiger partial charge in [0, 0.05) is 29.1 Å². The molecule has 0 unspecified atom stereocenters. The Morgan fingerprint density at radius 3 is 2.78 bits per heavy atom. The summed E-state index contributed by atoms with van der Waals surface area (Å²) in [6.07, 6.45) is 0.728. The second-order valence-corrected chi connectivity index (χ2v) is 6.80. The number of hydrogen-bond acceptors (Lipinski definition) is 2.